The predicted molar refractivity (Wildman–Crippen MR) is 29.5 cm³/mol. The molecule has 1 unspecified atom stereocenters. The van der Waals surface area contributed by atoms with Crippen LogP contribution in [0, 0.1) is 6.54 Å². The van der Waals surface area contributed by atoms with E-state index in [2.05, 4.69) is 11.9 Å². The first-order valence-corrected chi connectivity index (χ1v) is 2.70. The van der Waals surface area contributed by atoms with E-state index < -0.39 is 0 Å². The van der Waals surface area contributed by atoms with Gasteiger partial charge in [0, 0.05) is 19.1 Å². The van der Waals surface area contributed by atoms with E-state index in [1.165, 1.54) is 0 Å². The minimum Gasteiger partial charge on any atom is -0.327 e. The molecule has 0 aromatic heterocycles. The normalized spacial score (nSPS) is 33.0. The van der Waals surface area contributed by atoms with Gasteiger partial charge in [0.1, 0.15) is 0 Å². The van der Waals surface area contributed by atoms with Gasteiger partial charge in [-0.15, -0.1) is 0 Å². The van der Waals surface area contributed by atoms with E-state index in [1.807, 2.05) is 0 Å². The molecule has 3 N–H and O–H groups in total. The maximum atomic E-state index is 5.55. The summed E-state index contributed by atoms with van der Waals surface area (Å²) in [5.41, 5.74) is 5.55. The highest BCUT2D eigenvalue weighted by molar-refractivity contribution is 4.77. The Morgan fingerprint density at radius 1 is 1.71 bits per heavy atom. The number of rotatable bonds is 0. The summed E-state index contributed by atoms with van der Waals surface area (Å²) in [6, 6.07) is 0.394. The van der Waals surface area contributed by atoms with Crippen molar-refractivity contribution in [2.24, 2.45) is 5.73 Å². The van der Waals surface area contributed by atoms with Gasteiger partial charge < -0.3 is 11.1 Å². The zero-order valence-electron chi connectivity index (χ0n) is 4.35. The zero-order valence-corrected chi connectivity index (χ0v) is 4.35. The fraction of sp³-hybridized carbons (Fsp3) is 0.800. The summed E-state index contributed by atoms with van der Waals surface area (Å²) < 4.78 is 0. The highest BCUT2D eigenvalue weighted by Crippen LogP contribution is 1.99. The number of hydrogen-bond donors (Lipinski definition) is 2. The summed E-state index contributed by atoms with van der Waals surface area (Å²) in [6.07, 6.45) is 2.27. The molecule has 1 heterocycles. The summed E-state index contributed by atoms with van der Waals surface area (Å²) in [4.78, 5) is 0. The Morgan fingerprint density at radius 2 is 2.57 bits per heavy atom. The molecule has 2 nitrogen and oxygen atoms in total. The predicted octanol–water partition coefficient (Wildman–Crippen LogP) is -0.141. The maximum Gasteiger partial charge on any atom is 0.0222 e. The van der Waals surface area contributed by atoms with Crippen molar-refractivity contribution < 1.29 is 0 Å². The molecule has 0 aromatic carbocycles. The fourth-order valence-electron chi connectivity index (χ4n) is 0.736. The molecule has 1 saturated heterocycles. The molecule has 0 saturated carbocycles. The lowest BCUT2D eigenvalue weighted by Crippen LogP contribution is -2.36. The molecule has 0 bridgehead atoms. The highest BCUT2D eigenvalue weighted by Gasteiger charge is 2.05. The van der Waals surface area contributed by atoms with E-state index in [-0.39, 0.29) is 0 Å². The van der Waals surface area contributed by atoms with Crippen LogP contribution in [-0.2, 0) is 0 Å². The number of hydrogen-bond acceptors (Lipinski definition) is 2. The average Bonchev–Trinajstić information content (AvgIpc) is 1.69. The second kappa shape index (κ2) is 2.28. The Balaban J connectivity index is 2.12. The average molecular weight is 99.2 g/mol. The summed E-state index contributed by atoms with van der Waals surface area (Å²) in [6.45, 7) is 3.03. The summed E-state index contributed by atoms with van der Waals surface area (Å²) >= 11 is 0. The van der Waals surface area contributed by atoms with Crippen LogP contribution in [0.1, 0.15) is 12.8 Å². The van der Waals surface area contributed by atoms with Gasteiger partial charge >= 0.3 is 0 Å². The minimum atomic E-state index is 0.394. The van der Waals surface area contributed by atoms with Crippen LogP contribution in [0.5, 0.6) is 0 Å². The lowest BCUT2D eigenvalue weighted by Gasteiger charge is -2.17. The Kier molecular flexibility index (Phi) is 1.65. The van der Waals surface area contributed by atoms with Gasteiger partial charge in [0.05, 0.1) is 0 Å². The van der Waals surface area contributed by atoms with Gasteiger partial charge in [0.2, 0.25) is 0 Å². The van der Waals surface area contributed by atoms with Crippen LogP contribution < -0.4 is 11.1 Å². The third-order valence-corrected chi connectivity index (χ3v) is 1.21. The van der Waals surface area contributed by atoms with Crippen LogP contribution in [0.4, 0.5) is 0 Å². The molecule has 41 valence electrons. The molecule has 0 aliphatic carbocycles. The number of piperidine rings is 1. The second-order valence-corrected chi connectivity index (χ2v) is 1.95. The van der Waals surface area contributed by atoms with Crippen LogP contribution in [0.2, 0.25) is 0 Å². The van der Waals surface area contributed by atoms with Gasteiger partial charge in [0.25, 0.3) is 0 Å². The Bertz CT molecular complexity index is 48.0. The molecule has 0 aromatic rings. The van der Waals surface area contributed by atoms with E-state index in [0.29, 0.717) is 6.04 Å². The quantitative estimate of drug-likeness (QED) is 0.443. The molecular formula is C5H11N2. The fourth-order valence-corrected chi connectivity index (χ4v) is 0.736. The lowest BCUT2D eigenvalue weighted by atomic mass is 10.1. The van der Waals surface area contributed by atoms with Crippen molar-refractivity contribution in [2.75, 3.05) is 6.54 Å². The van der Waals surface area contributed by atoms with Crippen molar-refractivity contribution in [1.82, 2.24) is 5.32 Å². The summed E-state index contributed by atoms with van der Waals surface area (Å²) in [5, 5.41) is 3.08. The van der Waals surface area contributed by atoms with Crippen molar-refractivity contribution in [3.8, 4) is 0 Å². The molecule has 0 amide bonds. The molecule has 1 fully saturated rings. The van der Waals surface area contributed by atoms with E-state index in [1.54, 1.807) is 0 Å². The zero-order chi connectivity index (χ0) is 5.11. The SMILES string of the molecule is NC1CC[CH]NC1. The third kappa shape index (κ3) is 1.45. The Labute approximate surface area is 44.1 Å². The molecule has 1 rings (SSSR count). The number of nitrogens with two attached hydrogens (primary N) is 1. The highest BCUT2D eigenvalue weighted by atomic mass is 14.9. The first-order valence-electron chi connectivity index (χ1n) is 2.70. The standard InChI is InChI=1S/C5H11N2/c6-5-2-1-3-7-4-5/h3,5,7H,1-2,4,6H2. The minimum absolute atomic E-state index is 0.394. The van der Waals surface area contributed by atoms with Gasteiger partial charge in [-0.05, 0) is 12.8 Å². The Morgan fingerprint density at radius 3 is 2.86 bits per heavy atom. The molecule has 1 aliphatic rings. The van der Waals surface area contributed by atoms with E-state index in [9.17, 15) is 0 Å². The maximum absolute atomic E-state index is 5.55. The smallest absolute Gasteiger partial charge is 0.0222 e. The van der Waals surface area contributed by atoms with Crippen molar-refractivity contribution in [3.05, 3.63) is 6.54 Å². The van der Waals surface area contributed by atoms with Crippen LogP contribution in [0.25, 0.3) is 0 Å². The molecule has 0 spiro atoms. The second-order valence-electron chi connectivity index (χ2n) is 1.95. The number of nitrogens with one attached hydrogen (secondary N) is 1. The lowest BCUT2D eigenvalue weighted by molar-refractivity contribution is 0.505. The van der Waals surface area contributed by atoms with Crippen LogP contribution in [0.3, 0.4) is 0 Å². The van der Waals surface area contributed by atoms with Crippen LogP contribution in [0.15, 0.2) is 0 Å². The van der Waals surface area contributed by atoms with Crippen LogP contribution in [-0.4, -0.2) is 12.6 Å². The van der Waals surface area contributed by atoms with Gasteiger partial charge in [0.15, 0.2) is 0 Å². The summed E-state index contributed by atoms with van der Waals surface area (Å²) in [7, 11) is 0. The third-order valence-electron chi connectivity index (χ3n) is 1.21. The first kappa shape index (κ1) is 5.06. The monoisotopic (exact) mass is 99.1 g/mol. The van der Waals surface area contributed by atoms with Crippen molar-refractivity contribution in [2.45, 2.75) is 18.9 Å². The van der Waals surface area contributed by atoms with Crippen molar-refractivity contribution >= 4 is 0 Å². The topological polar surface area (TPSA) is 38.0 Å². The molecular weight excluding hydrogens is 88.1 g/mol. The van der Waals surface area contributed by atoms with Gasteiger partial charge in [-0.1, -0.05) is 0 Å². The van der Waals surface area contributed by atoms with Crippen molar-refractivity contribution in [3.63, 3.8) is 0 Å². The largest absolute Gasteiger partial charge is 0.327 e. The molecule has 2 heteroatoms. The van der Waals surface area contributed by atoms with Gasteiger partial charge in [-0.3, -0.25) is 0 Å². The van der Waals surface area contributed by atoms with E-state index >= 15 is 0 Å². The van der Waals surface area contributed by atoms with Gasteiger partial charge in [-0.25, -0.2) is 0 Å². The van der Waals surface area contributed by atoms with E-state index in [4.69, 9.17) is 5.73 Å². The van der Waals surface area contributed by atoms with Crippen LogP contribution >= 0.6 is 0 Å². The van der Waals surface area contributed by atoms with Crippen molar-refractivity contribution in [1.29, 1.82) is 0 Å². The molecule has 1 radical (unpaired) electrons. The first-order chi connectivity index (χ1) is 3.39. The summed E-state index contributed by atoms with van der Waals surface area (Å²) in [5.74, 6) is 0. The molecule has 1 aliphatic heterocycles. The Hall–Kier alpha value is -0.0800. The molecule has 7 heavy (non-hydrogen) atoms. The van der Waals surface area contributed by atoms with E-state index in [0.717, 1.165) is 19.4 Å². The molecule has 1 atom stereocenters. The van der Waals surface area contributed by atoms with Gasteiger partial charge in [-0.2, -0.15) is 0 Å².